The lowest BCUT2D eigenvalue weighted by Crippen LogP contribution is -1.96. The molecule has 0 bridgehead atoms. The van der Waals surface area contributed by atoms with Gasteiger partial charge in [0.1, 0.15) is 5.75 Å². The van der Waals surface area contributed by atoms with Crippen LogP contribution in [0.5, 0.6) is 5.75 Å². The van der Waals surface area contributed by atoms with Crippen LogP contribution in [0.4, 0.5) is 0 Å². The molecule has 96 valence electrons. The van der Waals surface area contributed by atoms with E-state index in [4.69, 9.17) is 10.3 Å². The number of fused-ring (bicyclic) bond motifs is 1. The van der Waals surface area contributed by atoms with Crippen molar-refractivity contribution < 1.29 is 9.53 Å². The molecule has 0 unspecified atom stereocenters. The molecule has 0 aliphatic carbocycles. The van der Waals surface area contributed by atoms with E-state index >= 15 is 0 Å². The Balaban J connectivity index is 2.31. The second kappa shape index (κ2) is 5.89. The van der Waals surface area contributed by atoms with Gasteiger partial charge in [0.25, 0.3) is 0 Å². The van der Waals surface area contributed by atoms with Gasteiger partial charge in [-0.2, -0.15) is 0 Å². The molecule has 1 amide bonds. The van der Waals surface area contributed by atoms with Gasteiger partial charge in [-0.15, -0.1) is 0 Å². The van der Waals surface area contributed by atoms with Crippen molar-refractivity contribution in [3.63, 3.8) is 0 Å². The van der Waals surface area contributed by atoms with Crippen molar-refractivity contribution in [2.75, 3.05) is 7.11 Å². The highest BCUT2D eigenvalue weighted by Gasteiger charge is 2.05. The monoisotopic (exact) mass is 255 g/mol. The van der Waals surface area contributed by atoms with E-state index < -0.39 is 5.91 Å². The summed E-state index contributed by atoms with van der Waals surface area (Å²) in [7, 11) is 1.62. The quantitative estimate of drug-likeness (QED) is 0.475. The molecule has 0 aliphatic heterocycles. The van der Waals surface area contributed by atoms with Crippen molar-refractivity contribution in [2.24, 2.45) is 5.11 Å². The van der Waals surface area contributed by atoms with Gasteiger partial charge >= 0.3 is 0 Å². The minimum atomic E-state index is -0.442. The summed E-state index contributed by atoms with van der Waals surface area (Å²) < 4.78 is 5.21. The van der Waals surface area contributed by atoms with Crippen molar-refractivity contribution in [2.45, 2.75) is 12.8 Å². The Hall–Kier alpha value is -2.52. The molecule has 5 heteroatoms. The number of benzene rings is 2. The van der Waals surface area contributed by atoms with Gasteiger partial charge in [-0.1, -0.05) is 24.3 Å². The Kier molecular flexibility index (Phi) is 4.00. The third kappa shape index (κ3) is 3.03. The molecule has 0 heterocycles. The molecule has 0 atom stereocenters. The van der Waals surface area contributed by atoms with Gasteiger partial charge in [0.05, 0.1) is 7.11 Å². The predicted molar refractivity (Wildman–Crippen MR) is 73.0 cm³/mol. The van der Waals surface area contributed by atoms with Crippen LogP contribution >= 0.6 is 0 Å². The van der Waals surface area contributed by atoms with Crippen molar-refractivity contribution >= 4 is 16.7 Å². The van der Waals surface area contributed by atoms with Crippen molar-refractivity contribution in [1.29, 1.82) is 0 Å². The zero-order valence-electron chi connectivity index (χ0n) is 10.5. The molecule has 0 spiro atoms. The minimum absolute atomic E-state index is 0.209. The maximum absolute atomic E-state index is 11.2. The molecule has 0 fully saturated rings. The van der Waals surface area contributed by atoms with Gasteiger partial charge in [0, 0.05) is 11.3 Å². The molecule has 2 aromatic carbocycles. The molecule has 0 aromatic heterocycles. The number of azide groups is 1. The molecule has 0 saturated carbocycles. The number of nitrogens with zero attached hydrogens (tertiary/aromatic N) is 3. The lowest BCUT2D eigenvalue weighted by Gasteiger charge is -2.07. The van der Waals surface area contributed by atoms with Gasteiger partial charge < -0.3 is 4.74 Å². The van der Waals surface area contributed by atoms with Crippen LogP contribution in [0, 0.1) is 0 Å². The third-order valence-electron chi connectivity index (χ3n) is 2.94. The first-order valence-electron chi connectivity index (χ1n) is 5.88. The molecule has 0 saturated heterocycles. The fourth-order valence-electron chi connectivity index (χ4n) is 2.00. The van der Waals surface area contributed by atoms with Crippen molar-refractivity contribution in [3.8, 4) is 5.75 Å². The predicted octanol–water partition coefficient (Wildman–Crippen LogP) is 3.62. The SMILES string of the molecule is COc1ccc2cccc(CCC(=O)N=[N+]=[N-])c2c1. The van der Waals surface area contributed by atoms with E-state index in [1.165, 1.54) is 0 Å². The molecule has 0 aliphatic rings. The van der Waals surface area contributed by atoms with E-state index in [2.05, 4.69) is 10.0 Å². The minimum Gasteiger partial charge on any atom is -0.497 e. The van der Waals surface area contributed by atoms with Crippen LogP contribution in [0.3, 0.4) is 0 Å². The van der Waals surface area contributed by atoms with E-state index in [0.717, 1.165) is 22.1 Å². The molecule has 19 heavy (non-hydrogen) atoms. The van der Waals surface area contributed by atoms with E-state index in [1.807, 2.05) is 36.4 Å². The number of hydrogen-bond donors (Lipinski definition) is 0. The molecule has 2 rings (SSSR count). The Morgan fingerprint density at radius 1 is 1.37 bits per heavy atom. The summed E-state index contributed by atoms with van der Waals surface area (Å²) in [6, 6.07) is 11.7. The number of hydrogen-bond acceptors (Lipinski definition) is 2. The van der Waals surface area contributed by atoms with Crippen LogP contribution in [0.1, 0.15) is 12.0 Å². The first kappa shape index (κ1) is 12.9. The van der Waals surface area contributed by atoms with E-state index in [9.17, 15) is 4.79 Å². The summed E-state index contributed by atoms with van der Waals surface area (Å²) in [4.78, 5) is 13.7. The van der Waals surface area contributed by atoms with Crippen LogP contribution in [0.25, 0.3) is 21.2 Å². The Morgan fingerprint density at radius 3 is 2.95 bits per heavy atom. The van der Waals surface area contributed by atoms with Gasteiger partial charge in [-0.05, 0) is 45.5 Å². The number of amides is 1. The normalized spacial score (nSPS) is 9.95. The first-order chi connectivity index (χ1) is 9.24. The summed E-state index contributed by atoms with van der Waals surface area (Å²) in [5.41, 5.74) is 9.23. The molecule has 5 nitrogen and oxygen atoms in total. The number of rotatable bonds is 4. The highest BCUT2D eigenvalue weighted by molar-refractivity contribution is 5.87. The number of carbonyl (C=O) groups is 1. The van der Waals surface area contributed by atoms with Crippen LogP contribution in [-0.4, -0.2) is 13.0 Å². The average molecular weight is 255 g/mol. The lowest BCUT2D eigenvalue weighted by molar-refractivity contribution is -0.117. The number of aryl methyl sites for hydroxylation is 1. The molecular weight excluding hydrogens is 242 g/mol. The molecular formula is C14H13N3O2. The highest BCUT2D eigenvalue weighted by atomic mass is 16.5. The summed E-state index contributed by atoms with van der Waals surface area (Å²) in [6.45, 7) is 0. The number of methoxy groups -OCH3 is 1. The van der Waals surface area contributed by atoms with Crippen molar-refractivity contribution in [3.05, 3.63) is 52.4 Å². The summed E-state index contributed by atoms with van der Waals surface area (Å²) in [5, 5.41) is 5.21. The second-order valence-electron chi connectivity index (χ2n) is 4.09. The molecule has 0 radical (unpaired) electrons. The van der Waals surface area contributed by atoms with Gasteiger partial charge in [0.15, 0.2) is 0 Å². The zero-order valence-corrected chi connectivity index (χ0v) is 10.5. The Morgan fingerprint density at radius 2 is 2.21 bits per heavy atom. The van der Waals surface area contributed by atoms with Crippen LogP contribution in [0.15, 0.2) is 41.5 Å². The van der Waals surface area contributed by atoms with Gasteiger partial charge in [-0.3, -0.25) is 4.79 Å². The highest BCUT2D eigenvalue weighted by Crippen LogP contribution is 2.24. The van der Waals surface area contributed by atoms with E-state index in [1.54, 1.807) is 7.11 Å². The largest absolute Gasteiger partial charge is 0.497 e. The summed E-state index contributed by atoms with van der Waals surface area (Å²) >= 11 is 0. The van der Waals surface area contributed by atoms with Gasteiger partial charge in [0.2, 0.25) is 5.91 Å². The maximum Gasteiger partial charge on any atom is 0.219 e. The van der Waals surface area contributed by atoms with Crippen LogP contribution in [0.2, 0.25) is 0 Å². The van der Waals surface area contributed by atoms with Crippen molar-refractivity contribution in [1.82, 2.24) is 0 Å². The standard InChI is InChI=1S/C14H13N3O2/c1-19-12-7-5-10-3-2-4-11(13(10)9-12)6-8-14(18)16-17-15/h2-5,7,9H,6,8H2,1H3. The fraction of sp³-hybridized carbons (Fsp3) is 0.214. The maximum atomic E-state index is 11.2. The summed E-state index contributed by atoms with van der Waals surface area (Å²) in [5.74, 6) is 0.337. The Labute approximate surface area is 110 Å². The second-order valence-corrected chi connectivity index (χ2v) is 4.09. The lowest BCUT2D eigenvalue weighted by atomic mass is 10.0. The zero-order chi connectivity index (χ0) is 13.7. The van der Waals surface area contributed by atoms with E-state index in [-0.39, 0.29) is 6.42 Å². The van der Waals surface area contributed by atoms with Crippen LogP contribution in [-0.2, 0) is 11.2 Å². The van der Waals surface area contributed by atoms with E-state index in [0.29, 0.717) is 6.42 Å². The third-order valence-corrected chi connectivity index (χ3v) is 2.94. The average Bonchev–Trinajstić information content (AvgIpc) is 2.44. The smallest absolute Gasteiger partial charge is 0.219 e. The topological polar surface area (TPSA) is 75.1 Å². The number of carbonyl (C=O) groups excluding carboxylic acids is 1. The molecule has 0 N–H and O–H groups in total. The van der Waals surface area contributed by atoms with Gasteiger partial charge in [-0.25, -0.2) is 0 Å². The van der Waals surface area contributed by atoms with Crippen LogP contribution < -0.4 is 4.74 Å². The summed E-state index contributed by atoms with van der Waals surface area (Å²) in [6.07, 6.45) is 0.753. The molecule has 2 aromatic rings. The fourth-order valence-corrected chi connectivity index (χ4v) is 2.00. The Bertz CT molecular complexity index is 661. The first-order valence-corrected chi connectivity index (χ1v) is 5.88. The number of ether oxygens (including phenoxy) is 1.